The molecule has 1 saturated heterocycles. The molecule has 2 atom stereocenters. The zero-order chi connectivity index (χ0) is 4.57. The van der Waals surface area contributed by atoms with Gasteiger partial charge in [-0.3, -0.25) is 4.90 Å². The van der Waals surface area contributed by atoms with E-state index in [0.29, 0.717) is 0 Å². The first-order chi connectivity index (χ1) is 2.84. The summed E-state index contributed by atoms with van der Waals surface area (Å²) in [7, 11) is 1.87. The van der Waals surface area contributed by atoms with Crippen molar-refractivity contribution in [2.24, 2.45) is 5.18 Å². The van der Waals surface area contributed by atoms with Gasteiger partial charge < -0.3 is 0 Å². The van der Waals surface area contributed by atoms with Crippen LogP contribution in [0.3, 0.4) is 0 Å². The van der Waals surface area contributed by atoms with Crippen LogP contribution in [0.25, 0.3) is 0 Å². The lowest BCUT2D eigenvalue weighted by atomic mass is 10.8. The van der Waals surface area contributed by atoms with E-state index < -0.39 is 0 Å². The molecular formula is C3H6N2O. The van der Waals surface area contributed by atoms with Crippen molar-refractivity contribution in [3.8, 4) is 0 Å². The third-order valence-corrected chi connectivity index (χ3v) is 0.948. The van der Waals surface area contributed by atoms with Crippen LogP contribution >= 0.6 is 0 Å². The molecule has 34 valence electrons. The van der Waals surface area contributed by atoms with Crippen molar-refractivity contribution >= 4 is 0 Å². The zero-order valence-electron chi connectivity index (χ0n) is 3.59. The highest BCUT2D eigenvalue weighted by Gasteiger charge is 2.30. The maximum absolute atomic E-state index is 9.49. The van der Waals surface area contributed by atoms with Crippen LogP contribution in [0.1, 0.15) is 0 Å². The van der Waals surface area contributed by atoms with Gasteiger partial charge in [-0.1, -0.05) is 0 Å². The molecule has 0 N–H and O–H groups in total. The van der Waals surface area contributed by atoms with E-state index in [1.54, 1.807) is 0 Å². The molecule has 1 fully saturated rings. The number of likely N-dealkylation sites (N-methyl/N-ethyl adjacent to an activating group) is 1. The van der Waals surface area contributed by atoms with Crippen LogP contribution in [-0.4, -0.2) is 24.7 Å². The van der Waals surface area contributed by atoms with Crippen LogP contribution in [-0.2, 0) is 0 Å². The fourth-order valence-corrected chi connectivity index (χ4v) is 0.324. The fourth-order valence-electron chi connectivity index (χ4n) is 0.324. The predicted octanol–water partition coefficient (Wildman–Crippen LogP) is 0.0243. The van der Waals surface area contributed by atoms with Crippen molar-refractivity contribution in [1.82, 2.24) is 4.90 Å². The van der Waals surface area contributed by atoms with Crippen molar-refractivity contribution in [3.63, 3.8) is 0 Å². The van der Waals surface area contributed by atoms with E-state index in [0.717, 1.165) is 6.54 Å². The molecule has 1 heterocycles. The molecule has 3 nitrogen and oxygen atoms in total. The second kappa shape index (κ2) is 1.01. The highest BCUT2D eigenvalue weighted by Crippen LogP contribution is 2.12. The van der Waals surface area contributed by atoms with Gasteiger partial charge in [0.1, 0.15) is 0 Å². The maximum atomic E-state index is 9.49. The van der Waals surface area contributed by atoms with Gasteiger partial charge in [-0.05, 0) is 12.2 Å². The average molecular weight is 86.1 g/mol. The third-order valence-electron chi connectivity index (χ3n) is 0.948. The van der Waals surface area contributed by atoms with Crippen LogP contribution in [0.5, 0.6) is 0 Å². The van der Waals surface area contributed by atoms with Crippen molar-refractivity contribution in [2.45, 2.75) is 6.17 Å². The Morgan fingerprint density at radius 1 is 2.00 bits per heavy atom. The molecule has 0 aromatic heterocycles. The van der Waals surface area contributed by atoms with E-state index in [-0.39, 0.29) is 6.17 Å². The minimum Gasteiger partial charge on any atom is -0.277 e. The highest BCUT2D eigenvalue weighted by atomic mass is 16.3. The molecule has 2 unspecified atom stereocenters. The molecule has 0 spiro atoms. The quantitative estimate of drug-likeness (QED) is 0.333. The lowest BCUT2D eigenvalue weighted by molar-refractivity contribution is 0.625. The van der Waals surface area contributed by atoms with Crippen LogP contribution in [0.15, 0.2) is 5.18 Å². The van der Waals surface area contributed by atoms with Crippen LogP contribution in [0.4, 0.5) is 0 Å². The molecule has 1 rings (SSSR count). The Hall–Kier alpha value is -0.440. The second-order valence-corrected chi connectivity index (χ2v) is 1.53. The summed E-state index contributed by atoms with van der Waals surface area (Å²) in [6, 6.07) is 0. The monoisotopic (exact) mass is 86.0 g/mol. The highest BCUT2D eigenvalue weighted by molar-refractivity contribution is 4.81. The summed E-state index contributed by atoms with van der Waals surface area (Å²) < 4.78 is 0. The molecule has 0 bridgehead atoms. The standard InChI is InChI=1S/C3H6N2O/c1-5-2-3(5)4-6/h3H,2H2,1H3. The summed E-state index contributed by atoms with van der Waals surface area (Å²) in [6.07, 6.45) is 0.00463. The van der Waals surface area contributed by atoms with E-state index in [9.17, 15) is 4.91 Å². The zero-order valence-corrected chi connectivity index (χ0v) is 3.59. The SMILES string of the molecule is CN1CC1N=O. The summed E-state index contributed by atoms with van der Waals surface area (Å²) >= 11 is 0. The number of rotatable bonds is 1. The first kappa shape index (κ1) is 3.74. The van der Waals surface area contributed by atoms with Gasteiger partial charge in [-0.15, -0.1) is 4.91 Å². The molecule has 0 amide bonds. The minimum atomic E-state index is 0.00463. The van der Waals surface area contributed by atoms with Crippen LogP contribution in [0.2, 0.25) is 0 Å². The van der Waals surface area contributed by atoms with Gasteiger partial charge in [-0.25, -0.2) is 0 Å². The minimum absolute atomic E-state index is 0.00463. The molecule has 1 aliphatic rings. The van der Waals surface area contributed by atoms with Gasteiger partial charge in [0.15, 0.2) is 6.17 Å². The van der Waals surface area contributed by atoms with Gasteiger partial charge >= 0.3 is 0 Å². The Labute approximate surface area is 35.9 Å². The van der Waals surface area contributed by atoms with E-state index in [1.165, 1.54) is 0 Å². The van der Waals surface area contributed by atoms with Crippen molar-refractivity contribution < 1.29 is 0 Å². The molecule has 0 saturated carbocycles. The van der Waals surface area contributed by atoms with Crippen LogP contribution < -0.4 is 0 Å². The lowest BCUT2D eigenvalue weighted by Crippen LogP contribution is -1.85. The second-order valence-electron chi connectivity index (χ2n) is 1.53. The molecule has 3 heteroatoms. The van der Waals surface area contributed by atoms with Crippen molar-refractivity contribution in [3.05, 3.63) is 4.91 Å². The van der Waals surface area contributed by atoms with Crippen molar-refractivity contribution in [1.29, 1.82) is 0 Å². The van der Waals surface area contributed by atoms with Crippen molar-refractivity contribution in [2.75, 3.05) is 13.6 Å². The molecule has 6 heavy (non-hydrogen) atoms. The van der Waals surface area contributed by atoms with Crippen LogP contribution in [0, 0.1) is 4.91 Å². The van der Waals surface area contributed by atoms with Gasteiger partial charge in [-0.2, -0.15) is 0 Å². The maximum Gasteiger partial charge on any atom is 0.157 e. The lowest BCUT2D eigenvalue weighted by Gasteiger charge is -1.74. The molecule has 0 aromatic rings. The smallest absolute Gasteiger partial charge is 0.157 e. The van der Waals surface area contributed by atoms with Gasteiger partial charge in [0.2, 0.25) is 0 Å². The summed E-state index contributed by atoms with van der Waals surface area (Å²) in [5.74, 6) is 0. The molecular weight excluding hydrogens is 80.0 g/mol. The Balaban J connectivity index is 2.25. The number of nitrogens with zero attached hydrogens (tertiary/aromatic N) is 2. The fraction of sp³-hybridized carbons (Fsp3) is 1.00. The molecule has 0 radical (unpaired) electrons. The first-order valence-electron chi connectivity index (χ1n) is 1.87. The summed E-state index contributed by atoms with van der Waals surface area (Å²) in [6.45, 7) is 0.851. The number of nitroso groups, excluding NO2 is 1. The van der Waals surface area contributed by atoms with E-state index >= 15 is 0 Å². The molecule has 0 aliphatic carbocycles. The van der Waals surface area contributed by atoms with E-state index in [2.05, 4.69) is 5.18 Å². The number of hydrogen-bond acceptors (Lipinski definition) is 3. The van der Waals surface area contributed by atoms with E-state index in [1.807, 2.05) is 11.9 Å². The Bertz CT molecular complexity index is 73.2. The third kappa shape index (κ3) is 0.408. The largest absolute Gasteiger partial charge is 0.277 e. The van der Waals surface area contributed by atoms with Gasteiger partial charge in [0.05, 0.1) is 0 Å². The Morgan fingerprint density at radius 3 is 2.50 bits per heavy atom. The Kier molecular flexibility index (Phi) is 0.630. The normalized spacial score (nSPS) is 42.2. The molecule has 1 aliphatic heterocycles. The summed E-state index contributed by atoms with van der Waals surface area (Å²) in [4.78, 5) is 11.4. The first-order valence-corrected chi connectivity index (χ1v) is 1.87. The van der Waals surface area contributed by atoms with Gasteiger partial charge in [0.25, 0.3) is 0 Å². The topological polar surface area (TPSA) is 32.4 Å². The molecule has 0 aromatic carbocycles. The Morgan fingerprint density at radius 2 is 2.50 bits per heavy atom. The van der Waals surface area contributed by atoms with Gasteiger partial charge in [0, 0.05) is 6.54 Å². The summed E-state index contributed by atoms with van der Waals surface area (Å²) in [5.41, 5.74) is 0. The average Bonchev–Trinajstić information content (AvgIpc) is 2.19. The number of hydrogen-bond donors (Lipinski definition) is 0. The predicted molar refractivity (Wildman–Crippen MR) is 22.2 cm³/mol. The van der Waals surface area contributed by atoms with E-state index in [4.69, 9.17) is 0 Å². The summed E-state index contributed by atoms with van der Waals surface area (Å²) in [5, 5.41) is 2.76.